The summed E-state index contributed by atoms with van der Waals surface area (Å²) in [4.78, 5) is 16.0. The van der Waals surface area contributed by atoms with Crippen LogP contribution in [0.1, 0.15) is 20.3 Å². The number of rotatable bonds is 6. The molecule has 1 unspecified atom stereocenters. The summed E-state index contributed by atoms with van der Waals surface area (Å²) in [7, 11) is 0. The van der Waals surface area contributed by atoms with Gasteiger partial charge in [-0.3, -0.25) is 4.79 Å². The molecule has 1 heterocycles. The van der Waals surface area contributed by atoms with Crippen molar-refractivity contribution in [2.75, 3.05) is 12.4 Å². The third-order valence-corrected chi connectivity index (χ3v) is 4.99. The second-order valence-electron chi connectivity index (χ2n) is 4.27. The Morgan fingerprint density at radius 3 is 3.00 bits per heavy atom. The van der Waals surface area contributed by atoms with Crippen molar-refractivity contribution in [3.63, 3.8) is 0 Å². The van der Waals surface area contributed by atoms with Crippen LogP contribution in [0.15, 0.2) is 28.6 Å². The Hall–Kier alpha value is -1.07. The summed E-state index contributed by atoms with van der Waals surface area (Å²) in [6.45, 7) is 4.33. The first-order valence-electron chi connectivity index (χ1n) is 6.35. The first kappa shape index (κ1) is 14.3. The van der Waals surface area contributed by atoms with Gasteiger partial charge in [-0.15, -0.1) is 11.3 Å². The molecule has 102 valence electrons. The van der Waals surface area contributed by atoms with Crippen LogP contribution in [0.2, 0.25) is 0 Å². The van der Waals surface area contributed by atoms with Crippen LogP contribution in [0.4, 0.5) is 0 Å². The lowest BCUT2D eigenvalue weighted by Gasteiger charge is -2.08. The lowest BCUT2D eigenvalue weighted by Crippen LogP contribution is -2.15. The molecule has 0 aliphatic carbocycles. The van der Waals surface area contributed by atoms with E-state index in [0.717, 1.165) is 22.0 Å². The Morgan fingerprint density at radius 1 is 1.47 bits per heavy atom. The number of benzene rings is 1. The standard InChI is InChI=1S/C14H17NO2S2/c1-3-10(2)13(16)17-8-9-18-14-15-11-6-4-5-7-12(11)19-14/h4-7,10H,3,8-9H2,1-2H3. The number of hydrogen-bond donors (Lipinski definition) is 0. The van der Waals surface area contributed by atoms with Gasteiger partial charge in [0.15, 0.2) is 4.34 Å². The molecule has 0 aliphatic rings. The lowest BCUT2D eigenvalue weighted by molar-refractivity contribution is -0.147. The summed E-state index contributed by atoms with van der Waals surface area (Å²) >= 11 is 3.32. The molecule has 1 aromatic carbocycles. The van der Waals surface area contributed by atoms with Gasteiger partial charge in [0, 0.05) is 5.75 Å². The molecule has 3 nitrogen and oxygen atoms in total. The Balaban J connectivity index is 1.78. The second-order valence-corrected chi connectivity index (χ2v) is 6.65. The van der Waals surface area contributed by atoms with Gasteiger partial charge in [0.05, 0.1) is 16.1 Å². The molecule has 2 aromatic rings. The molecule has 1 aromatic heterocycles. The molecule has 19 heavy (non-hydrogen) atoms. The SMILES string of the molecule is CCC(C)C(=O)OCCSc1nc2ccccc2s1. The highest BCUT2D eigenvalue weighted by Gasteiger charge is 2.11. The van der Waals surface area contributed by atoms with E-state index >= 15 is 0 Å². The first-order chi connectivity index (χ1) is 9.20. The van der Waals surface area contributed by atoms with E-state index in [1.165, 1.54) is 4.70 Å². The fourth-order valence-electron chi connectivity index (χ4n) is 1.49. The summed E-state index contributed by atoms with van der Waals surface area (Å²) in [6, 6.07) is 8.09. The molecule has 0 bridgehead atoms. The highest BCUT2D eigenvalue weighted by molar-refractivity contribution is 8.01. The topological polar surface area (TPSA) is 39.2 Å². The largest absolute Gasteiger partial charge is 0.465 e. The third-order valence-electron chi connectivity index (χ3n) is 2.84. The molecule has 0 aliphatic heterocycles. The van der Waals surface area contributed by atoms with Crippen molar-refractivity contribution in [3.05, 3.63) is 24.3 Å². The molecule has 0 saturated carbocycles. The van der Waals surface area contributed by atoms with Crippen LogP contribution in [0, 0.1) is 5.92 Å². The molecule has 0 fully saturated rings. The number of carbonyl (C=O) groups is 1. The molecular weight excluding hydrogens is 278 g/mol. The second kappa shape index (κ2) is 6.91. The maximum atomic E-state index is 11.5. The molecule has 0 spiro atoms. The van der Waals surface area contributed by atoms with Crippen LogP contribution in [0.5, 0.6) is 0 Å². The summed E-state index contributed by atoms with van der Waals surface area (Å²) < 4.78 is 7.43. The summed E-state index contributed by atoms with van der Waals surface area (Å²) in [5.74, 6) is 0.641. The monoisotopic (exact) mass is 295 g/mol. The number of esters is 1. The first-order valence-corrected chi connectivity index (χ1v) is 8.16. The van der Waals surface area contributed by atoms with Crippen molar-refractivity contribution in [2.45, 2.75) is 24.6 Å². The van der Waals surface area contributed by atoms with Crippen molar-refractivity contribution < 1.29 is 9.53 Å². The van der Waals surface area contributed by atoms with Crippen LogP contribution in [-0.2, 0) is 9.53 Å². The normalized spacial score (nSPS) is 12.5. The molecule has 1 atom stereocenters. The van der Waals surface area contributed by atoms with Crippen molar-refractivity contribution in [2.24, 2.45) is 5.92 Å². The Labute approximate surface area is 121 Å². The number of fused-ring (bicyclic) bond motifs is 1. The third kappa shape index (κ3) is 3.94. The van der Waals surface area contributed by atoms with E-state index < -0.39 is 0 Å². The molecule has 0 radical (unpaired) electrons. The number of carbonyl (C=O) groups excluding carboxylic acids is 1. The van der Waals surface area contributed by atoms with Gasteiger partial charge < -0.3 is 4.74 Å². The average molecular weight is 295 g/mol. The van der Waals surface area contributed by atoms with Crippen molar-refractivity contribution in [3.8, 4) is 0 Å². The summed E-state index contributed by atoms with van der Waals surface area (Å²) in [5.41, 5.74) is 1.03. The summed E-state index contributed by atoms with van der Waals surface area (Å²) in [6.07, 6.45) is 0.823. The van der Waals surface area contributed by atoms with Gasteiger partial charge in [0.25, 0.3) is 0 Å². The smallest absolute Gasteiger partial charge is 0.308 e. The zero-order chi connectivity index (χ0) is 13.7. The quantitative estimate of drug-likeness (QED) is 0.459. The Bertz CT molecular complexity index is 520. The minimum absolute atomic E-state index is 0.00699. The van der Waals surface area contributed by atoms with Crippen molar-refractivity contribution in [1.82, 2.24) is 4.98 Å². The number of para-hydroxylation sites is 1. The fourth-order valence-corrected chi connectivity index (χ4v) is 3.45. The van der Waals surface area contributed by atoms with Crippen LogP contribution in [-0.4, -0.2) is 23.3 Å². The number of aromatic nitrogens is 1. The van der Waals surface area contributed by atoms with E-state index in [9.17, 15) is 4.79 Å². The van der Waals surface area contributed by atoms with Gasteiger partial charge in [0.1, 0.15) is 6.61 Å². The van der Waals surface area contributed by atoms with E-state index in [1.807, 2.05) is 32.0 Å². The fraction of sp³-hybridized carbons (Fsp3) is 0.429. The molecule has 0 amide bonds. The zero-order valence-electron chi connectivity index (χ0n) is 11.1. The minimum atomic E-state index is -0.104. The van der Waals surface area contributed by atoms with Crippen LogP contribution < -0.4 is 0 Å². The van der Waals surface area contributed by atoms with Crippen LogP contribution >= 0.6 is 23.1 Å². The maximum Gasteiger partial charge on any atom is 0.308 e. The summed E-state index contributed by atoms with van der Waals surface area (Å²) in [5, 5.41) is 0. The molecular formula is C14H17NO2S2. The van der Waals surface area contributed by atoms with Crippen molar-refractivity contribution in [1.29, 1.82) is 0 Å². The highest BCUT2D eigenvalue weighted by Crippen LogP contribution is 2.29. The Kier molecular flexibility index (Phi) is 5.22. The molecule has 0 N–H and O–H groups in total. The predicted molar refractivity (Wildman–Crippen MR) is 80.8 cm³/mol. The molecule has 0 saturated heterocycles. The maximum absolute atomic E-state index is 11.5. The number of ether oxygens (including phenoxy) is 1. The number of hydrogen-bond acceptors (Lipinski definition) is 5. The minimum Gasteiger partial charge on any atom is -0.465 e. The van der Waals surface area contributed by atoms with Crippen LogP contribution in [0.25, 0.3) is 10.2 Å². The molecule has 2 rings (SSSR count). The van der Waals surface area contributed by atoms with E-state index in [4.69, 9.17) is 4.74 Å². The number of nitrogens with zero attached hydrogens (tertiary/aromatic N) is 1. The van der Waals surface area contributed by atoms with Gasteiger partial charge in [-0.25, -0.2) is 4.98 Å². The van der Waals surface area contributed by atoms with Crippen molar-refractivity contribution >= 4 is 39.3 Å². The highest BCUT2D eigenvalue weighted by atomic mass is 32.2. The van der Waals surface area contributed by atoms with E-state index in [0.29, 0.717) is 6.61 Å². The van der Waals surface area contributed by atoms with Crippen LogP contribution in [0.3, 0.4) is 0 Å². The van der Waals surface area contributed by atoms with E-state index in [-0.39, 0.29) is 11.9 Å². The average Bonchev–Trinajstić information content (AvgIpc) is 2.85. The van der Waals surface area contributed by atoms with Gasteiger partial charge in [0.2, 0.25) is 0 Å². The van der Waals surface area contributed by atoms with Gasteiger partial charge in [-0.1, -0.05) is 37.7 Å². The van der Waals surface area contributed by atoms with E-state index in [2.05, 4.69) is 11.1 Å². The van der Waals surface area contributed by atoms with Gasteiger partial charge in [-0.2, -0.15) is 0 Å². The Morgan fingerprint density at radius 2 is 2.26 bits per heavy atom. The lowest BCUT2D eigenvalue weighted by atomic mass is 10.1. The predicted octanol–water partition coefficient (Wildman–Crippen LogP) is 3.98. The number of thioether (sulfide) groups is 1. The van der Waals surface area contributed by atoms with E-state index in [1.54, 1.807) is 23.1 Å². The zero-order valence-corrected chi connectivity index (χ0v) is 12.7. The molecule has 5 heteroatoms. The number of thiazole rings is 1. The van der Waals surface area contributed by atoms with Gasteiger partial charge in [-0.05, 0) is 18.6 Å². The van der Waals surface area contributed by atoms with Gasteiger partial charge >= 0.3 is 5.97 Å².